The third-order valence-electron chi connectivity index (χ3n) is 6.47. The highest BCUT2D eigenvalue weighted by molar-refractivity contribution is 5.97. The van der Waals surface area contributed by atoms with Crippen LogP contribution >= 0.6 is 0 Å². The van der Waals surface area contributed by atoms with Crippen LogP contribution in [0.2, 0.25) is 0 Å². The smallest absolute Gasteiger partial charge is 0.343 e. The second-order valence-corrected chi connectivity index (χ2v) is 9.26. The first-order valence-electron chi connectivity index (χ1n) is 12.9. The van der Waals surface area contributed by atoms with Crippen molar-refractivity contribution in [1.82, 2.24) is 0 Å². The van der Waals surface area contributed by atoms with E-state index in [1.54, 1.807) is 75.7 Å². The van der Waals surface area contributed by atoms with Crippen LogP contribution < -0.4 is 14.2 Å². The molecule has 0 saturated carbocycles. The van der Waals surface area contributed by atoms with Gasteiger partial charge < -0.3 is 14.2 Å². The molecule has 0 bridgehead atoms. The molecule has 0 amide bonds. The Morgan fingerprint density at radius 2 is 0.878 bits per heavy atom. The predicted octanol–water partition coefficient (Wildman–Crippen LogP) is 7.84. The van der Waals surface area contributed by atoms with Crippen LogP contribution in [0.1, 0.15) is 44.9 Å². The fourth-order valence-corrected chi connectivity index (χ4v) is 4.08. The van der Waals surface area contributed by atoms with Crippen molar-refractivity contribution in [1.29, 1.82) is 0 Å². The molecule has 206 valence electrons. The first-order valence-corrected chi connectivity index (χ1v) is 12.9. The summed E-state index contributed by atoms with van der Waals surface area (Å²) in [6.07, 6.45) is 0. The lowest BCUT2D eigenvalue weighted by Gasteiger charge is -2.08. The number of methoxy groups -OCH3 is 2. The fraction of sp³-hybridized carbons (Fsp3) is 0.114. The number of hydrogen-bond donors (Lipinski definition) is 0. The Morgan fingerprint density at radius 3 is 1.41 bits per heavy atom. The Morgan fingerprint density at radius 1 is 0.463 bits per heavy atom. The molecule has 0 aliphatic carbocycles. The SMILES string of the molecule is COc1ccc(-c2ccc3cc(OC(=O)c4ccc(C(C)=O)cc4)ccc3c2)cc1.COc1ccc(C(C)=O)cc1. The lowest BCUT2D eigenvalue weighted by molar-refractivity contribution is 0.0734. The van der Waals surface area contributed by atoms with Crippen molar-refractivity contribution < 1.29 is 28.6 Å². The Bertz CT molecular complexity index is 1670. The van der Waals surface area contributed by atoms with E-state index in [1.807, 2.05) is 48.5 Å². The van der Waals surface area contributed by atoms with Crippen molar-refractivity contribution in [2.45, 2.75) is 13.8 Å². The van der Waals surface area contributed by atoms with Gasteiger partial charge in [0.05, 0.1) is 19.8 Å². The topological polar surface area (TPSA) is 78.9 Å². The number of Topliss-reactive ketones (excluding diaryl/α,β-unsaturated/α-hetero) is 2. The maximum atomic E-state index is 12.4. The van der Waals surface area contributed by atoms with Crippen LogP contribution in [0.25, 0.3) is 21.9 Å². The highest BCUT2D eigenvalue weighted by atomic mass is 16.5. The molecule has 6 nitrogen and oxygen atoms in total. The number of ether oxygens (including phenoxy) is 3. The zero-order chi connectivity index (χ0) is 29.4. The van der Waals surface area contributed by atoms with Gasteiger partial charge in [-0.1, -0.05) is 42.5 Å². The molecule has 0 radical (unpaired) electrons. The van der Waals surface area contributed by atoms with Crippen LogP contribution in [-0.4, -0.2) is 31.8 Å². The van der Waals surface area contributed by atoms with Crippen molar-refractivity contribution >= 4 is 28.3 Å². The van der Waals surface area contributed by atoms with E-state index in [1.165, 1.54) is 6.92 Å². The number of carbonyl (C=O) groups excluding carboxylic acids is 3. The van der Waals surface area contributed by atoms with E-state index in [4.69, 9.17) is 14.2 Å². The van der Waals surface area contributed by atoms with Gasteiger partial charge in [0.2, 0.25) is 0 Å². The molecule has 41 heavy (non-hydrogen) atoms. The normalized spacial score (nSPS) is 10.2. The minimum atomic E-state index is -0.459. The predicted molar refractivity (Wildman–Crippen MR) is 160 cm³/mol. The second kappa shape index (κ2) is 13.2. The molecule has 0 heterocycles. The molecule has 0 aromatic heterocycles. The maximum Gasteiger partial charge on any atom is 0.343 e. The number of fused-ring (bicyclic) bond motifs is 1. The Kier molecular flexibility index (Phi) is 9.28. The summed E-state index contributed by atoms with van der Waals surface area (Å²) in [6.45, 7) is 3.03. The summed E-state index contributed by atoms with van der Waals surface area (Å²) < 4.78 is 15.7. The van der Waals surface area contributed by atoms with Gasteiger partial charge >= 0.3 is 5.97 Å². The van der Waals surface area contributed by atoms with Crippen molar-refractivity contribution in [3.05, 3.63) is 126 Å². The van der Waals surface area contributed by atoms with E-state index in [0.29, 0.717) is 22.4 Å². The number of carbonyl (C=O) groups is 3. The highest BCUT2D eigenvalue weighted by Crippen LogP contribution is 2.28. The van der Waals surface area contributed by atoms with Crippen LogP contribution in [-0.2, 0) is 0 Å². The molecular weight excluding hydrogens is 516 g/mol. The second-order valence-electron chi connectivity index (χ2n) is 9.26. The third-order valence-corrected chi connectivity index (χ3v) is 6.47. The average Bonchev–Trinajstić information content (AvgIpc) is 3.01. The molecule has 0 spiro atoms. The number of hydrogen-bond acceptors (Lipinski definition) is 6. The van der Waals surface area contributed by atoms with Crippen LogP contribution in [0.5, 0.6) is 17.2 Å². The van der Waals surface area contributed by atoms with E-state index in [2.05, 4.69) is 6.07 Å². The quantitative estimate of drug-likeness (QED) is 0.118. The van der Waals surface area contributed by atoms with Gasteiger partial charge in [0.15, 0.2) is 11.6 Å². The molecule has 0 saturated heterocycles. The summed E-state index contributed by atoms with van der Waals surface area (Å²) in [5.74, 6) is 1.64. The standard InChI is InChI=1S/C26H20O4.C9H10O2/c1-17(27)18-3-5-20(6-4-18)26(28)30-25-14-11-22-15-21(7-8-23(22)16-25)19-9-12-24(29-2)13-10-19;1-7(10)8-3-5-9(11-2)6-4-8/h3-16H,1-2H3;3-6H,1-2H3. The van der Waals surface area contributed by atoms with E-state index in [0.717, 1.165) is 33.4 Å². The van der Waals surface area contributed by atoms with Gasteiger partial charge in [-0.15, -0.1) is 0 Å². The van der Waals surface area contributed by atoms with Crippen molar-refractivity contribution in [2.75, 3.05) is 14.2 Å². The number of rotatable bonds is 7. The molecule has 5 aromatic rings. The number of esters is 1. The highest BCUT2D eigenvalue weighted by Gasteiger charge is 2.10. The summed E-state index contributed by atoms with van der Waals surface area (Å²) in [7, 11) is 3.25. The minimum Gasteiger partial charge on any atom is -0.497 e. The van der Waals surface area contributed by atoms with Crippen LogP contribution in [0.4, 0.5) is 0 Å². The molecule has 6 heteroatoms. The third kappa shape index (κ3) is 7.46. The number of ketones is 2. The maximum absolute atomic E-state index is 12.4. The van der Waals surface area contributed by atoms with E-state index in [9.17, 15) is 14.4 Å². The van der Waals surface area contributed by atoms with Crippen molar-refractivity contribution in [2.24, 2.45) is 0 Å². The average molecular weight is 547 g/mol. The summed E-state index contributed by atoms with van der Waals surface area (Å²) in [5, 5.41) is 2.03. The lowest BCUT2D eigenvalue weighted by atomic mass is 10.0. The summed E-state index contributed by atoms with van der Waals surface area (Å²) in [5.41, 5.74) is 3.87. The zero-order valence-electron chi connectivity index (χ0n) is 23.3. The molecule has 5 aromatic carbocycles. The molecule has 5 rings (SSSR count). The summed E-state index contributed by atoms with van der Waals surface area (Å²) in [6, 6.07) is 33.1. The van der Waals surface area contributed by atoms with E-state index in [-0.39, 0.29) is 11.6 Å². The van der Waals surface area contributed by atoms with Crippen LogP contribution in [0, 0.1) is 0 Å². The molecule has 0 N–H and O–H groups in total. The summed E-state index contributed by atoms with van der Waals surface area (Å²) in [4.78, 5) is 34.6. The zero-order valence-corrected chi connectivity index (χ0v) is 23.3. The molecular formula is C35H30O6. The number of benzene rings is 5. The van der Waals surface area contributed by atoms with Gasteiger partial charge in [0.25, 0.3) is 0 Å². The van der Waals surface area contributed by atoms with Gasteiger partial charge in [0.1, 0.15) is 17.2 Å². The fourth-order valence-electron chi connectivity index (χ4n) is 4.08. The van der Waals surface area contributed by atoms with Crippen molar-refractivity contribution in [3.8, 4) is 28.4 Å². The molecule has 0 unspecified atom stereocenters. The molecule has 0 aliphatic rings. The lowest BCUT2D eigenvalue weighted by Crippen LogP contribution is -2.08. The van der Waals surface area contributed by atoms with E-state index >= 15 is 0 Å². The largest absolute Gasteiger partial charge is 0.497 e. The van der Waals surface area contributed by atoms with E-state index < -0.39 is 5.97 Å². The molecule has 0 fully saturated rings. The summed E-state index contributed by atoms with van der Waals surface area (Å²) >= 11 is 0. The Hall–Kier alpha value is -5.23. The first-order chi connectivity index (χ1) is 19.8. The molecule has 0 aliphatic heterocycles. The van der Waals surface area contributed by atoms with Gasteiger partial charge in [0, 0.05) is 11.1 Å². The molecule has 0 atom stereocenters. The van der Waals surface area contributed by atoms with Crippen molar-refractivity contribution in [3.63, 3.8) is 0 Å². The van der Waals surface area contributed by atoms with Gasteiger partial charge in [-0.3, -0.25) is 9.59 Å². The van der Waals surface area contributed by atoms with Crippen LogP contribution in [0.3, 0.4) is 0 Å². The first kappa shape index (κ1) is 28.8. The van der Waals surface area contributed by atoms with Gasteiger partial charge in [-0.25, -0.2) is 4.79 Å². The minimum absolute atomic E-state index is 0.0431. The Balaban J connectivity index is 0.000000296. The van der Waals surface area contributed by atoms with Gasteiger partial charge in [-0.2, -0.15) is 0 Å². The van der Waals surface area contributed by atoms with Crippen LogP contribution in [0.15, 0.2) is 109 Å². The Labute approximate surface area is 239 Å². The monoisotopic (exact) mass is 546 g/mol. The van der Waals surface area contributed by atoms with Gasteiger partial charge in [-0.05, 0) is 102 Å².